The van der Waals surface area contributed by atoms with Gasteiger partial charge in [0.05, 0.1) is 6.54 Å². The van der Waals surface area contributed by atoms with Crippen molar-refractivity contribution in [3.05, 3.63) is 71.5 Å². The molecule has 0 bridgehead atoms. The van der Waals surface area contributed by atoms with Gasteiger partial charge in [-0.3, -0.25) is 9.69 Å². The number of nitrogens with one attached hydrogen (secondary N) is 1. The van der Waals surface area contributed by atoms with E-state index in [0.29, 0.717) is 24.9 Å². The van der Waals surface area contributed by atoms with E-state index in [1.807, 2.05) is 48.5 Å². The van der Waals surface area contributed by atoms with Crippen LogP contribution in [0.4, 0.5) is 5.69 Å². The molecule has 166 valence electrons. The monoisotopic (exact) mass is 496 g/mol. The first kappa shape index (κ1) is 22.2. The SMILES string of the molecule is C=CCOc1ccc(NC(=O)C2CCN(Cc3nc(-c4cccc(Br)c4)no3)CC2)cc1. The summed E-state index contributed by atoms with van der Waals surface area (Å²) in [7, 11) is 0. The molecule has 2 aromatic carbocycles. The summed E-state index contributed by atoms with van der Waals surface area (Å²) in [6.45, 7) is 6.29. The third-order valence-corrected chi connectivity index (χ3v) is 5.85. The summed E-state index contributed by atoms with van der Waals surface area (Å²) in [4.78, 5) is 19.4. The first-order valence-corrected chi connectivity index (χ1v) is 11.4. The molecule has 32 heavy (non-hydrogen) atoms. The largest absolute Gasteiger partial charge is 0.490 e. The summed E-state index contributed by atoms with van der Waals surface area (Å²) in [5.41, 5.74) is 1.68. The number of ether oxygens (including phenoxy) is 1. The Hall–Kier alpha value is -2.97. The molecule has 1 aliphatic rings. The van der Waals surface area contributed by atoms with Gasteiger partial charge < -0.3 is 14.6 Å². The second-order valence-electron chi connectivity index (χ2n) is 7.69. The third kappa shape index (κ3) is 5.83. The molecule has 0 atom stereocenters. The number of aromatic nitrogens is 2. The second kappa shape index (κ2) is 10.6. The van der Waals surface area contributed by atoms with E-state index in [0.717, 1.165) is 47.4 Å². The minimum Gasteiger partial charge on any atom is -0.490 e. The second-order valence-corrected chi connectivity index (χ2v) is 8.60. The summed E-state index contributed by atoms with van der Waals surface area (Å²) in [5.74, 6) is 1.96. The van der Waals surface area contributed by atoms with Crippen molar-refractivity contribution in [1.29, 1.82) is 0 Å². The fourth-order valence-electron chi connectivity index (χ4n) is 3.64. The Labute approximate surface area is 195 Å². The van der Waals surface area contributed by atoms with Crippen molar-refractivity contribution in [3.63, 3.8) is 0 Å². The van der Waals surface area contributed by atoms with Crippen molar-refractivity contribution in [3.8, 4) is 17.1 Å². The van der Waals surface area contributed by atoms with Crippen LogP contribution in [-0.4, -0.2) is 40.6 Å². The molecule has 1 aromatic heterocycles. The van der Waals surface area contributed by atoms with E-state index in [-0.39, 0.29) is 11.8 Å². The van der Waals surface area contributed by atoms with Crippen molar-refractivity contribution in [2.24, 2.45) is 5.92 Å². The number of carbonyl (C=O) groups is 1. The molecule has 1 N–H and O–H groups in total. The fourth-order valence-corrected chi connectivity index (χ4v) is 4.04. The van der Waals surface area contributed by atoms with Crippen molar-refractivity contribution in [1.82, 2.24) is 15.0 Å². The van der Waals surface area contributed by atoms with Crippen LogP contribution in [0.25, 0.3) is 11.4 Å². The average molecular weight is 497 g/mol. The van der Waals surface area contributed by atoms with Crippen LogP contribution in [0.3, 0.4) is 0 Å². The minimum atomic E-state index is -0.0112. The zero-order valence-corrected chi connectivity index (χ0v) is 19.3. The zero-order valence-electron chi connectivity index (χ0n) is 17.7. The van der Waals surface area contributed by atoms with E-state index in [1.165, 1.54) is 0 Å². The van der Waals surface area contributed by atoms with Crippen molar-refractivity contribution >= 4 is 27.5 Å². The number of anilines is 1. The van der Waals surface area contributed by atoms with Gasteiger partial charge in [-0.25, -0.2) is 0 Å². The minimum absolute atomic E-state index is 0.0112. The number of amides is 1. The third-order valence-electron chi connectivity index (χ3n) is 5.36. The van der Waals surface area contributed by atoms with E-state index in [4.69, 9.17) is 9.26 Å². The maximum atomic E-state index is 12.7. The van der Waals surface area contributed by atoms with Crippen LogP contribution >= 0.6 is 15.9 Å². The van der Waals surface area contributed by atoms with Crippen molar-refractivity contribution < 1.29 is 14.1 Å². The van der Waals surface area contributed by atoms with E-state index in [9.17, 15) is 4.79 Å². The van der Waals surface area contributed by atoms with Gasteiger partial charge in [-0.05, 0) is 62.3 Å². The molecule has 0 radical (unpaired) electrons. The lowest BCUT2D eigenvalue weighted by molar-refractivity contribution is -0.121. The van der Waals surface area contributed by atoms with Crippen LogP contribution in [0.1, 0.15) is 18.7 Å². The van der Waals surface area contributed by atoms with Gasteiger partial charge in [0, 0.05) is 21.6 Å². The highest BCUT2D eigenvalue weighted by molar-refractivity contribution is 9.10. The van der Waals surface area contributed by atoms with E-state index in [1.54, 1.807) is 6.08 Å². The predicted octanol–water partition coefficient (Wildman–Crippen LogP) is 4.91. The molecule has 0 unspecified atom stereocenters. The number of likely N-dealkylation sites (tertiary alicyclic amines) is 1. The van der Waals surface area contributed by atoms with Gasteiger partial charge >= 0.3 is 0 Å². The number of piperidine rings is 1. The molecule has 3 aromatic rings. The summed E-state index contributed by atoms with van der Waals surface area (Å²) >= 11 is 3.46. The Balaban J connectivity index is 1.25. The lowest BCUT2D eigenvalue weighted by atomic mass is 9.96. The summed E-state index contributed by atoms with van der Waals surface area (Å²) in [5, 5.41) is 7.10. The summed E-state index contributed by atoms with van der Waals surface area (Å²) in [6, 6.07) is 15.2. The molecule has 1 amide bonds. The maximum absolute atomic E-state index is 12.7. The van der Waals surface area contributed by atoms with Gasteiger partial charge in [-0.1, -0.05) is 45.9 Å². The number of carbonyl (C=O) groups excluding carboxylic acids is 1. The van der Waals surface area contributed by atoms with Crippen LogP contribution in [-0.2, 0) is 11.3 Å². The Kier molecular flexibility index (Phi) is 7.34. The molecule has 4 rings (SSSR count). The highest BCUT2D eigenvalue weighted by Crippen LogP contribution is 2.24. The predicted molar refractivity (Wildman–Crippen MR) is 126 cm³/mol. The standard InChI is InChI=1S/C24H25BrN4O3/c1-2-14-31-21-8-6-20(7-9-21)26-24(30)17-10-12-29(13-11-17)16-22-27-23(28-32-22)18-4-3-5-19(25)15-18/h2-9,15,17H,1,10-14,16H2,(H,26,30). The van der Waals surface area contributed by atoms with Crippen molar-refractivity contribution in [2.75, 3.05) is 25.0 Å². The highest BCUT2D eigenvalue weighted by Gasteiger charge is 2.26. The highest BCUT2D eigenvalue weighted by atomic mass is 79.9. The van der Waals surface area contributed by atoms with Crippen LogP contribution in [0.2, 0.25) is 0 Å². The van der Waals surface area contributed by atoms with Crippen molar-refractivity contribution in [2.45, 2.75) is 19.4 Å². The van der Waals surface area contributed by atoms with Gasteiger partial charge in [-0.15, -0.1) is 0 Å². The van der Waals surface area contributed by atoms with Crippen LogP contribution < -0.4 is 10.1 Å². The quantitative estimate of drug-likeness (QED) is 0.446. The normalized spacial score (nSPS) is 14.8. The molecular weight excluding hydrogens is 472 g/mol. The molecule has 1 aliphatic heterocycles. The molecule has 0 aliphatic carbocycles. The summed E-state index contributed by atoms with van der Waals surface area (Å²) < 4.78 is 11.9. The van der Waals surface area contributed by atoms with Gasteiger partial charge in [0.15, 0.2) is 0 Å². The Morgan fingerprint density at radius 3 is 2.75 bits per heavy atom. The molecule has 1 saturated heterocycles. The van der Waals surface area contributed by atoms with Gasteiger partial charge in [0.2, 0.25) is 17.6 Å². The fraction of sp³-hybridized carbons (Fsp3) is 0.292. The zero-order chi connectivity index (χ0) is 22.3. The topological polar surface area (TPSA) is 80.5 Å². The molecular formula is C24H25BrN4O3. The molecule has 0 spiro atoms. The number of halogens is 1. The van der Waals surface area contributed by atoms with Crippen LogP contribution in [0.15, 0.2) is 70.2 Å². The molecule has 1 fully saturated rings. The maximum Gasteiger partial charge on any atom is 0.241 e. The first-order valence-electron chi connectivity index (χ1n) is 10.6. The van der Waals surface area contributed by atoms with Crippen LogP contribution in [0.5, 0.6) is 5.75 Å². The van der Waals surface area contributed by atoms with E-state index < -0.39 is 0 Å². The first-order chi connectivity index (χ1) is 15.6. The van der Waals surface area contributed by atoms with Gasteiger partial charge in [-0.2, -0.15) is 4.98 Å². The van der Waals surface area contributed by atoms with E-state index in [2.05, 4.69) is 42.9 Å². The number of hydrogen-bond donors (Lipinski definition) is 1. The molecule has 7 nitrogen and oxygen atoms in total. The molecule has 8 heteroatoms. The van der Waals surface area contributed by atoms with Gasteiger partial charge in [0.1, 0.15) is 12.4 Å². The lowest BCUT2D eigenvalue weighted by Crippen LogP contribution is -2.37. The number of rotatable bonds is 8. The Morgan fingerprint density at radius 2 is 2.03 bits per heavy atom. The lowest BCUT2D eigenvalue weighted by Gasteiger charge is -2.30. The molecule has 2 heterocycles. The smallest absolute Gasteiger partial charge is 0.241 e. The Morgan fingerprint density at radius 1 is 1.25 bits per heavy atom. The average Bonchev–Trinajstić information content (AvgIpc) is 3.27. The number of hydrogen-bond acceptors (Lipinski definition) is 6. The number of benzene rings is 2. The summed E-state index contributed by atoms with van der Waals surface area (Å²) in [6.07, 6.45) is 3.28. The molecule has 0 saturated carbocycles. The van der Waals surface area contributed by atoms with E-state index >= 15 is 0 Å². The Bertz CT molecular complexity index is 1060. The van der Waals surface area contributed by atoms with Crippen LogP contribution in [0, 0.1) is 5.92 Å². The van der Waals surface area contributed by atoms with Gasteiger partial charge in [0.25, 0.3) is 0 Å². The number of nitrogens with zero attached hydrogens (tertiary/aromatic N) is 3.